The van der Waals surface area contributed by atoms with Crippen molar-refractivity contribution >= 4 is 40.5 Å². The number of benzene rings is 1. The van der Waals surface area contributed by atoms with Crippen LogP contribution in [0.3, 0.4) is 0 Å². The van der Waals surface area contributed by atoms with Crippen molar-refractivity contribution in [3.63, 3.8) is 0 Å². The van der Waals surface area contributed by atoms with E-state index >= 15 is 0 Å². The smallest absolute Gasteiger partial charge is 0.326 e. The summed E-state index contributed by atoms with van der Waals surface area (Å²) in [6, 6.07) is 3.37. The lowest BCUT2D eigenvalue weighted by molar-refractivity contribution is -0.145. The second-order valence-corrected chi connectivity index (χ2v) is 8.66. The molecule has 0 saturated carbocycles. The number of carbonyl (C=O) groups is 5. The second-order valence-electron chi connectivity index (χ2n) is 8.66. The second kappa shape index (κ2) is 11.0. The lowest BCUT2D eigenvalue weighted by Gasteiger charge is -2.28. The van der Waals surface area contributed by atoms with Gasteiger partial charge in [-0.1, -0.05) is 18.2 Å². The first kappa shape index (κ1) is 25.7. The molecule has 0 bridgehead atoms. The number of hydrogen-bond acceptors (Lipinski definition) is 6. The van der Waals surface area contributed by atoms with Crippen molar-refractivity contribution in [3.8, 4) is 0 Å². The predicted octanol–water partition coefficient (Wildman–Crippen LogP) is -1.02. The van der Waals surface area contributed by atoms with Gasteiger partial charge in [-0.3, -0.25) is 19.2 Å². The molecule has 12 heteroatoms. The van der Waals surface area contributed by atoms with Gasteiger partial charge in [-0.15, -0.1) is 0 Å². The van der Waals surface area contributed by atoms with Crippen molar-refractivity contribution in [3.05, 3.63) is 36.0 Å². The molecule has 1 saturated heterocycles. The van der Waals surface area contributed by atoms with Crippen molar-refractivity contribution in [1.29, 1.82) is 0 Å². The van der Waals surface area contributed by atoms with Gasteiger partial charge in [0.2, 0.25) is 23.6 Å². The first-order valence-electron chi connectivity index (χ1n) is 11.3. The monoisotopic (exact) mass is 486 g/mol. The third-order valence-electron chi connectivity index (χ3n) is 6.04. The van der Waals surface area contributed by atoms with Gasteiger partial charge < -0.3 is 37.1 Å². The Morgan fingerprint density at radius 3 is 2.60 bits per heavy atom. The average Bonchev–Trinajstić information content (AvgIpc) is 3.45. The summed E-state index contributed by atoms with van der Waals surface area (Å²) in [7, 11) is 0. The number of fused-ring (bicyclic) bond motifs is 1. The summed E-state index contributed by atoms with van der Waals surface area (Å²) in [6.07, 6.45) is 2.34. The van der Waals surface area contributed by atoms with Crippen LogP contribution >= 0.6 is 0 Å². The number of nitrogens with zero attached hydrogens (tertiary/aromatic N) is 1. The number of carbonyl (C=O) groups excluding carboxylic acids is 4. The SMILES string of the molecule is CC(NC(=O)C(N)Cc1c[nH]c2ccccc12)C(=O)N1CCCC1C(=O)NC(CC(N)=O)C(=O)O. The van der Waals surface area contributed by atoms with Crippen molar-refractivity contribution in [2.75, 3.05) is 6.54 Å². The molecule has 12 nitrogen and oxygen atoms in total. The molecular weight excluding hydrogens is 456 g/mol. The summed E-state index contributed by atoms with van der Waals surface area (Å²) < 4.78 is 0. The molecule has 2 aromatic rings. The highest BCUT2D eigenvalue weighted by Gasteiger charge is 2.38. The van der Waals surface area contributed by atoms with Gasteiger partial charge in [0.1, 0.15) is 18.1 Å². The molecule has 0 radical (unpaired) electrons. The molecule has 1 fully saturated rings. The minimum atomic E-state index is -1.49. The van der Waals surface area contributed by atoms with E-state index in [4.69, 9.17) is 11.5 Å². The van der Waals surface area contributed by atoms with Gasteiger partial charge in [-0.25, -0.2) is 4.79 Å². The van der Waals surface area contributed by atoms with Gasteiger partial charge in [0.15, 0.2) is 0 Å². The highest BCUT2D eigenvalue weighted by molar-refractivity contribution is 5.95. The number of para-hydroxylation sites is 1. The van der Waals surface area contributed by atoms with Gasteiger partial charge in [0.25, 0.3) is 0 Å². The van der Waals surface area contributed by atoms with Crippen molar-refractivity contribution < 1.29 is 29.1 Å². The Balaban J connectivity index is 1.59. The van der Waals surface area contributed by atoms with Gasteiger partial charge in [0, 0.05) is 23.6 Å². The molecule has 0 aliphatic carbocycles. The number of likely N-dealkylation sites (tertiary alicyclic amines) is 1. The topological polar surface area (TPSA) is 201 Å². The predicted molar refractivity (Wildman–Crippen MR) is 126 cm³/mol. The Bertz CT molecular complexity index is 1130. The summed E-state index contributed by atoms with van der Waals surface area (Å²) in [5.74, 6) is -3.98. The molecule has 2 heterocycles. The van der Waals surface area contributed by atoms with E-state index in [9.17, 15) is 29.1 Å². The van der Waals surface area contributed by atoms with E-state index in [-0.39, 0.29) is 13.0 Å². The number of nitrogens with two attached hydrogens (primary N) is 2. The van der Waals surface area contributed by atoms with Gasteiger partial charge in [-0.2, -0.15) is 0 Å². The number of H-pyrrole nitrogens is 1. The number of carboxylic acids is 1. The van der Waals surface area contributed by atoms with Crippen LogP contribution in [0.25, 0.3) is 10.9 Å². The molecular formula is C23H30N6O6. The Morgan fingerprint density at radius 2 is 1.91 bits per heavy atom. The number of primary amides is 1. The molecule has 1 aliphatic rings. The quantitative estimate of drug-likeness (QED) is 0.247. The third kappa shape index (κ3) is 6.15. The standard InChI is InChI=1S/C23H30N6O6/c1-12(27-20(31)15(24)9-13-11-26-16-6-3-2-5-14(13)16)22(33)29-8-4-7-18(29)21(32)28-17(23(34)35)10-19(25)30/h2-3,5-6,11-12,15,17-18,26H,4,7-10,24H2,1H3,(H2,25,30)(H,27,31)(H,28,32)(H,34,35). The van der Waals surface area contributed by atoms with E-state index in [0.29, 0.717) is 12.8 Å². The molecule has 4 atom stereocenters. The fourth-order valence-corrected chi connectivity index (χ4v) is 4.23. The van der Waals surface area contributed by atoms with Crippen molar-refractivity contribution in [2.24, 2.45) is 11.5 Å². The maximum Gasteiger partial charge on any atom is 0.326 e. The van der Waals surface area contributed by atoms with Crippen LogP contribution in [0.15, 0.2) is 30.5 Å². The molecule has 3 rings (SSSR count). The molecule has 4 unspecified atom stereocenters. The zero-order valence-corrected chi connectivity index (χ0v) is 19.3. The fraction of sp³-hybridized carbons (Fsp3) is 0.435. The summed E-state index contributed by atoms with van der Waals surface area (Å²) in [5.41, 5.74) is 12.9. The Hall–Kier alpha value is -3.93. The molecule has 1 aromatic carbocycles. The van der Waals surface area contributed by atoms with Gasteiger partial charge >= 0.3 is 5.97 Å². The average molecular weight is 487 g/mol. The van der Waals surface area contributed by atoms with E-state index in [1.807, 2.05) is 24.3 Å². The summed E-state index contributed by atoms with van der Waals surface area (Å²) >= 11 is 0. The molecule has 0 spiro atoms. The van der Waals surface area contributed by atoms with Gasteiger partial charge in [-0.05, 0) is 37.8 Å². The maximum absolute atomic E-state index is 13.0. The summed E-state index contributed by atoms with van der Waals surface area (Å²) in [6.45, 7) is 1.77. The molecule has 8 N–H and O–H groups in total. The van der Waals surface area contributed by atoms with Crippen LogP contribution in [0, 0.1) is 0 Å². The summed E-state index contributed by atoms with van der Waals surface area (Å²) in [4.78, 5) is 65.2. The summed E-state index contributed by atoms with van der Waals surface area (Å²) in [5, 5.41) is 15.1. The fourth-order valence-electron chi connectivity index (χ4n) is 4.23. The van der Waals surface area contributed by atoms with E-state index in [1.165, 1.54) is 11.8 Å². The van der Waals surface area contributed by atoms with Crippen LogP contribution in [0.5, 0.6) is 0 Å². The van der Waals surface area contributed by atoms with Crippen LogP contribution in [0.4, 0.5) is 0 Å². The highest BCUT2D eigenvalue weighted by atomic mass is 16.4. The Kier molecular flexibility index (Phi) is 8.07. The Morgan fingerprint density at radius 1 is 1.20 bits per heavy atom. The minimum absolute atomic E-state index is 0.266. The molecule has 1 aromatic heterocycles. The van der Waals surface area contributed by atoms with Gasteiger partial charge in [0.05, 0.1) is 12.5 Å². The van der Waals surface area contributed by atoms with Crippen molar-refractivity contribution in [1.82, 2.24) is 20.5 Å². The number of aromatic nitrogens is 1. The number of aliphatic carboxylic acids is 1. The van der Waals surface area contributed by atoms with E-state index in [2.05, 4.69) is 15.6 Å². The van der Waals surface area contributed by atoms with Crippen LogP contribution in [-0.2, 0) is 30.4 Å². The van der Waals surface area contributed by atoms with E-state index < -0.39 is 60.2 Å². The molecule has 1 aliphatic heterocycles. The van der Waals surface area contributed by atoms with E-state index in [1.54, 1.807) is 6.20 Å². The van der Waals surface area contributed by atoms with Crippen LogP contribution in [0.1, 0.15) is 31.7 Å². The first-order valence-corrected chi connectivity index (χ1v) is 11.3. The molecule has 188 valence electrons. The van der Waals surface area contributed by atoms with Crippen LogP contribution < -0.4 is 22.1 Å². The lowest BCUT2D eigenvalue weighted by Crippen LogP contribution is -2.56. The normalized spacial score (nSPS) is 18.0. The number of carboxylic acid groups (broad SMARTS) is 1. The lowest BCUT2D eigenvalue weighted by atomic mass is 10.0. The number of aromatic amines is 1. The number of hydrogen-bond donors (Lipinski definition) is 6. The zero-order valence-electron chi connectivity index (χ0n) is 19.3. The minimum Gasteiger partial charge on any atom is -0.480 e. The number of amides is 4. The molecule has 35 heavy (non-hydrogen) atoms. The van der Waals surface area contributed by atoms with Crippen molar-refractivity contribution in [2.45, 2.75) is 56.8 Å². The first-order chi connectivity index (χ1) is 16.6. The van der Waals surface area contributed by atoms with E-state index in [0.717, 1.165) is 16.5 Å². The maximum atomic E-state index is 13.0. The number of rotatable bonds is 10. The highest BCUT2D eigenvalue weighted by Crippen LogP contribution is 2.20. The van der Waals surface area contributed by atoms with Crippen LogP contribution in [0.2, 0.25) is 0 Å². The molecule has 4 amide bonds. The number of nitrogens with one attached hydrogen (secondary N) is 3. The third-order valence-corrected chi connectivity index (χ3v) is 6.04. The zero-order chi connectivity index (χ0) is 25.7. The largest absolute Gasteiger partial charge is 0.480 e. The Labute approximate surface area is 201 Å². The van der Waals surface area contributed by atoms with Crippen LogP contribution in [-0.4, -0.2) is 75.3 Å².